The summed E-state index contributed by atoms with van der Waals surface area (Å²) in [6, 6.07) is 20.2. The second-order valence-corrected chi connectivity index (χ2v) is 8.74. The molecule has 2 aromatic carbocycles. The van der Waals surface area contributed by atoms with Crippen LogP contribution in [0, 0.1) is 6.54 Å². The van der Waals surface area contributed by atoms with Gasteiger partial charge < -0.3 is 11.1 Å². The number of likely N-dealkylation sites (tertiary alicyclic amines) is 1. The third kappa shape index (κ3) is 8.48. The second-order valence-electron chi connectivity index (χ2n) is 8.74. The van der Waals surface area contributed by atoms with Crippen LogP contribution in [0.1, 0.15) is 48.9 Å². The maximum Gasteiger partial charge on any atom is 1.00 e. The average Bonchev–Trinajstić information content (AvgIpc) is 3.52. The minimum Gasteiger partial charge on any atom is -0.463 e. The molecular weight excluding hydrogens is 441 g/mol. The van der Waals surface area contributed by atoms with Crippen LogP contribution in [-0.2, 0) is 6.42 Å². The Kier molecular flexibility index (Phi) is 12.5. The van der Waals surface area contributed by atoms with Gasteiger partial charge in [-0.15, -0.1) is 6.58 Å². The smallest absolute Gasteiger partial charge is 0.463 e. The first-order chi connectivity index (χ1) is 16.5. The molecule has 0 aromatic heterocycles. The minimum absolute atomic E-state index is 0. The van der Waals surface area contributed by atoms with E-state index >= 15 is 0 Å². The van der Waals surface area contributed by atoms with Crippen LogP contribution < -0.4 is 40.6 Å². The number of rotatable bonds is 9. The third-order valence-corrected chi connectivity index (χ3v) is 6.32. The molecule has 1 unspecified atom stereocenters. The number of hydrogen-bond donors (Lipinski definition) is 2. The number of aliphatic imine (C=N–C) groups is 2. The van der Waals surface area contributed by atoms with E-state index in [4.69, 9.17) is 5.73 Å². The summed E-state index contributed by atoms with van der Waals surface area (Å²) in [6.45, 7) is 13.4. The van der Waals surface area contributed by atoms with Crippen LogP contribution in [0.25, 0.3) is 0 Å². The molecule has 1 saturated heterocycles. The van der Waals surface area contributed by atoms with Crippen molar-refractivity contribution >= 4 is 11.5 Å². The number of aryl methyl sites for hydroxylation is 1. The number of nitrogens with two attached hydrogens (primary N) is 1. The van der Waals surface area contributed by atoms with E-state index < -0.39 is 0 Å². The summed E-state index contributed by atoms with van der Waals surface area (Å²) in [7, 11) is 2.19. The number of nitrogens with zero attached hydrogens (tertiary/aromatic N) is 3. The van der Waals surface area contributed by atoms with Gasteiger partial charge in [-0.05, 0) is 49.5 Å². The largest absolute Gasteiger partial charge is 1.00 e. The van der Waals surface area contributed by atoms with Gasteiger partial charge in [-0.3, -0.25) is 21.4 Å². The minimum atomic E-state index is 0. The standard InChI is InChI=1S/C22H28N2.C7H10N3.Na/c1-4-18-12-14-20(15-13-18)22(19-9-6-5-7-10-19)23-17(2)21-11-8-16-24(21)3;1-2-3-7-9-5-6(4-8)10-7;/h5-7,9-10,12-15,21-23H,2,4,8,11,16H2,1,3H3;2,4H,1,3,5,8H2;/q;-1;+1/t21?,22-;;/m0../s1. The van der Waals surface area contributed by atoms with Crippen LogP contribution in [-0.4, -0.2) is 42.6 Å². The van der Waals surface area contributed by atoms with Gasteiger partial charge in [0.2, 0.25) is 0 Å². The fourth-order valence-corrected chi connectivity index (χ4v) is 4.32. The monoisotopic (exact) mass is 479 g/mol. The third-order valence-electron chi connectivity index (χ3n) is 6.32. The van der Waals surface area contributed by atoms with Gasteiger partial charge in [-0.1, -0.05) is 79.9 Å². The molecule has 180 valence electrons. The Labute approximate surface area is 233 Å². The number of nitrogens with one attached hydrogen (secondary N) is 1. The molecule has 1 fully saturated rings. The van der Waals surface area contributed by atoms with Crippen LogP contribution >= 0.6 is 0 Å². The van der Waals surface area contributed by atoms with Gasteiger partial charge in [0.1, 0.15) is 5.84 Å². The predicted octanol–water partition coefficient (Wildman–Crippen LogP) is 2.08. The normalized spacial score (nSPS) is 17.7. The van der Waals surface area contributed by atoms with Crippen molar-refractivity contribution in [2.75, 3.05) is 20.1 Å². The molecule has 0 radical (unpaired) electrons. The van der Waals surface area contributed by atoms with E-state index in [1.807, 2.05) is 0 Å². The molecule has 2 aromatic rings. The van der Waals surface area contributed by atoms with Gasteiger partial charge in [0.15, 0.2) is 0 Å². The molecule has 3 N–H and O–H groups in total. The summed E-state index contributed by atoms with van der Waals surface area (Å²) in [5.74, 6) is 0.826. The molecule has 2 heterocycles. The first kappa shape index (κ1) is 29.1. The maximum absolute atomic E-state index is 5.24. The van der Waals surface area contributed by atoms with Crippen LogP contribution in [0.3, 0.4) is 0 Å². The first-order valence-corrected chi connectivity index (χ1v) is 12.1. The van der Waals surface area contributed by atoms with Crippen LogP contribution in [0.4, 0.5) is 0 Å². The van der Waals surface area contributed by atoms with E-state index in [1.165, 1.54) is 36.1 Å². The van der Waals surface area contributed by atoms with E-state index in [1.54, 1.807) is 6.08 Å². The average molecular weight is 480 g/mol. The van der Waals surface area contributed by atoms with Crippen molar-refractivity contribution in [3.63, 3.8) is 0 Å². The van der Waals surface area contributed by atoms with Crippen molar-refractivity contribution < 1.29 is 29.6 Å². The van der Waals surface area contributed by atoms with Crippen LogP contribution in [0.15, 0.2) is 89.5 Å². The van der Waals surface area contributed by atoms with Crippen molar-refractivity contribution in [2.45, 2.75) is 44.7 Å². The molecule has 0 spiro atoms. The Hall–Kier alpha value is -2.15. The topological polar surface area (TPSA) is 66.0 Å². The van der Waals surface area contributed by atoms with Gasteiger partial charge in [-0.2, -0.15) is 0 Å². The zero-order valence-corrected chi connectivity index (χ0v) is 23.6. The van der Waals surface area contributed by atoms with Crippen molar-refractivity contribution in [1.29, 1.82) is 0 Å². The first-order valence-electron chi connectivity index (χ1n) is 12.1. The Balaban J connectivity index is 0.000000332. The van der Waals surface area contributed by atoms with Crippen LogP contribution in [0.2, 0.25) is 0 Å². The summed E-state index contributed by atoms with van der Waals surface area (Å²) < 4.78 is 0. The molecule has 0 amide bonds. The Morgan fingerprint density at radius 1 is 1.20 bits per heavy atom. The van der Waals surface area contributed by atoms with Gasteiger partial charge >= 0.3 is 29.6 Å². The van der Waals surface area contributed by atoms with Gasteiger partial charge in [0.05, 0.1) is 12.6 Å². The molecule has 35 heavy (non-hydrogen) atoms. The van der Waals surface area contributed by atoms with Gasteiger partial charge in [0.25, 0.3) is 0 Å². The van der Waals surface area contributed by atoms with E-state index in [0.29, 0.717) is 12.6 Å². The SMILES string of the molecule is C=C(N[C@@H](c1ccccc1)c1ccc(CC)cc1)C1CCCN1C.C=CCC1=NCC([CH-]N)=N1.[Na+]. The fraction of sp³-hybridized carbons (Fsp3) is 0.345. The molecule has 0 aliphatic carbocycles. The van der Waals surface area contributed by atoms with Crippen molar-refractivity contribution in [1.82, 2.24) is 10.2 Å². The molecule has 0 bridgehead atoms. The van der Waals surface area contributed by atoms with E-state index in [9.17, 15) is 0 Å². The molecule has 0 saturated carbocycles. The van der Waals surface area contributed by atoms with Crippen LogP contribution in [0.5, 0.6) is 0 Å². The summed E-state index contributed by atoms with van der Waals surface area (Å²) >= 11 is 0. The van der Waals surface area contributed by atoms with Gasteiger partial charge in [0, 0.05) is 18.2 Å². The molecule has 4 rings (SSSR count). The van der Waals surface area contributed by atoms with E-state index in [0.717, 1.165) is 36.6 Å². The molecule has 2 aliphatic rings. The Bertz CT molecular complexity index is 997. The molecule has 2 aliphatic heterocycles. The molecular formula is C29H38N5Na. The van der Waals surface area contributed by atoms with Crippen molar-refractivity contribution in [2.24, 2.45) is 15.7 Å². The quantitative estimate of drug-likeness (QED) is 0.329. The Morgan fingerprint density at radius 3 is 2.43 bits per heavy atom. The summed E-state index contributed by atoms with van der Waals surface area (Å²) in [5, 5.41) is 3.72. The Morgan fingerprint density at radius 2 is 1.89 bits per heavy atom. The van der Waals surface area contributed by atoms with Crippen molar-refractivity contribution in [3.8, 4) is 0 Å². The number of benzene rings is 2. The maximum atomic E-state index is 5.24. The zero-order valence-electron chi connectivity index (χ0n) is 21.6. The van der Waals surface area contributed by atoms with E-state index in [2.05, 4.69) is 102 Å². The van der Waals surface area contributed by atoms with Gasteiger partial charge in [-0.25, -0.2) is 0 Å². The van der Waals surface area contributed by atoms with E-state index in [-0.39, 0.29) is 35.6 Å². The summed E-state index contributed by atoms with van der Waals surface area (Å²) in [6.07, 6.45) is 6.03. The van der Waals surface area contributed by atoms with Crippen molar-refractivity contribution in [3.05, 3.63) is 103 Å². The summed E-state index contributed by atoms with van der Waals surface area (Å²) in [4.78, 5) is 10.6. The second kappa shape index (κ2) is 15.1. The number of hydrogen-bond acceptors (Lipinski definition) is 5. The molecule has 2 atom stereocenters. The summed E-state index contributed by atoms with van der Waals surface area (Å²) in [5.41, 5.74) is 11.2. The predicted molar refractivity (Wildman–Crippen MR) is 145 cm³/mol. The molecule has 6 heteroatoms. The fourth-order valence-electron chi connectivity index (χ4n) is 4.32. The molecule has 5 nitrogen and oxygen atoms in total. The number of likely N-dealkylation sites (N-methyl/N-ethyl adjacent to an activating group) is 1. The zero-order chi connectivity index (χ0) is 24.3. The number of amidine groups is 1.